The largest absolute Gasteiger partial charge is 0.377 e. The monoisotopic (exact) mass is 313 g/mol. The molecule has 22 heavy (non-hydrogen) atoms. The van der Waals surface area contributed by atoms with Crippen LogP contribution >= 0.6 is 0 Å². The van der Waals surface area contributed by atoms with E-state index < -0.39 is 10.1 Å². The van der Waals surface area contributed by atoms with Crippen molar-refractivity contribution in [3.63, 3.8) is 0 Å². The Hall–Kier alpha value is -2.40. The van der Waals surface area contributed by atoms with E-state index >= 15 is 0 Å². The van der Waals surface area contributed by atoms with E-state index in [-0.39, 0.29) is 10.6 Å². The highest BCUT2D eigenvalue weighted by Crippen LogP contribution is 2.26. The van der Waals surface area contributed by atoms with Gasteiger partial charge in [0.25, 0.3) is 0 Å². The SMILES string of the molecule is CCc1ccc(S(=O)(=O)Oc2cccc3cccnc23)cc1. The summed E-state index contributed by atoms with van der Waals surface area (Å²) in [6.45, 7) is 2.02. The van der Waals surface area contributed by atoms with Gasteiger partial charge in [0.1, 0.15) is 10.4 Å². The molecule has 0 aliphatic heterocycles. The number of hydrogen-bond donors (Lipinski definition) is 0. The lowest BCUT2D eigenvalue weighted by atomic mass is 10.2. The van der Waals surface area contributed by atoms with Crippen LogP contribution in [0.4, 0.5) is 0 Å². The highest BCUT2D eigenvalue weighted by Gasteiger charge is 2.18. The van der Waals surface area contributed by atoms with Crippen LogP contribution in [0.2, 0.25) is 0 Å². The predicted octanol–water partition coefficient (Wildman–Crippen LogP) is 3.56. The molecular formula is C17H15NO3S. The van der Waals surface area contributed by atoms with Gasteiger partial charge in [0.05, 0.1) is 0 Å². The van der Waals surface area contributed by atoms with Crippen molar-refractivity contribution in [1.29, 1.82) is 0 Å². The van der Waals surface area contributed by atoms with E-state index in [2.05, 4.69) is 4.98 Å². The predicted molar refractivity (Wildman–Crippen MR) is 85.4 cm³/mol. The summed E-state index contributed by atoms with van der Waals surface area (Å²) < 4.78 is 30.1. The number of rotatable bonds is 4. The van der Waals surface area contributed by atoms with Gasteiger partial charge in [0.15, 0.2) is 5.75 Å². The minimum absolute atomic E-state index is 0.137. The van der Waals surface area contributed by atoms with Gasteiger partial charge in [-0.25, -0.2) is 0 Å². The highest BCUT2D eigenvalue weighted by atomic mass is 32.2. The Morgan fingerprint density at radius 3 is 2.45 bits per heavy atom. The molecule has 5 heteroatoms. The number of pyridine rings is 1. The van der Waals surface area contributed by atoms with Gasteiger partial charge in [0.2, 0.25) is 0 Å². The van der Waals surface area contributed by atoms with Crippen LogP contribution in [0.25, 0.3) is 10.9 Å². The molecule has 1 aromatic heterocycles. The summed E-state index contributed by atoms with van der Waals surface area (Å²) >= 11 is 0. The van der Waals surface area contributed by atoms with Crippen molar-refractivity contribution >= 4 is 21.0 Å². The summed E-state index contributed by atoms with van der Waals surface area (Å²) in [7, 11) is -3.87. The zero-order chi connectivity index (χ0) is 15.6. The molecule has 0 aliphatic rings. The average Bonchev–Trinajstić information content (AvgIpc) is 2.55. The number of fused-ring (bicyclic) bond motifs is 1. The van der Waals surface area contributed by atoms with Crippen LogP contribution < -0.4 is 4.18 Å². The molecule has 0 radical (unpaired) electrons. The molecule has 4 nitrogen and oxygen atoms in total. The lowest BCUT2D eigenvalue weighted by molar-refractivity contribution is 0.488. The lowest BCUT2D eigenvalue weighted by Gasteiger charge is -2.09. The molecule has 112 valence electrons. The molecule has 2 aromatic carbocycles. The van der Waals surface area contributed by atoms with E-state index in [0.29, 0.717) is 5.52 Å². The first-order valence-electron chi connectivity index (χ1n) is 6.97. The smallest absolute Gasteiger partial charge is 0.339 e. The first-order chi connectivity index (χ1) is 10.6. The van der Waals surface area contributed by atoms with E-state index in [9.17, 15) is 8.42 Å². The van der Waals surface area contributed by atoms with Gasteiger partial charge in [0, 0.05) is 11.6 Å². The molecule has 3 aromatic rings. The van der Waals surface area contributed by atoms with Gasteiger partial charge in [-0.05, 0) is 36.2 Å². The summed E-state index contributed by atoms with van der Waals surface area (Å²) in [5.74, 6) is 0.234. The third kappa shape index (κ3) is 2.80. The van der Waals surface area contributed by atoms with E-state index in [1.165, 1.54) is 0 Å². The number of hydrogen-bond acceptors (Lipinski definition) is 4. The molecule has 0 amide bonds. The molecule has 0 saturated carbocycles. The second-order valence-electron chi connectivity index (χ2n) is 4.87. The van der Waals surface area contributed by atoms with Crippen molar-refractivity contribution in [3.8, 4) is 5.75 Å². The normalized spacial score (nSPS) is 11.5. The Kier molecular flexibility index (Phi) is 3.81. The Morgan fingerprint density at radius 1 is 1.00 bits per heavy atom. The van der Waals surface area contributed by atoms with Crippen LogP contribution in [-0.2, 0) is 16.5 Å². The van der Waals surface area contributed by atoms with E-state index in [1.807, 2.05) is 19.1 Å². The number of benzene rings is 2. The maximum atomic E-state index is 12.4. The minimum Gasteiger partial charge on any atom is -0.377 e. The molecule has 0 unspecified atom stereocenters. The number of para-hydroxylation sites is 1. The van der Waals surface area contributed by atoms with E-state index in [4.69, 9.17) is 4.18 Å². The lowest BCUT2D eigenvalue weighted by Crippen LogP contribution is -2.10. The van der Waals surface area contributed by atoms with Crippen molar-refractivity contribution in [3.05, 3.63) is 66.4 Å². The Balaban J connectivity index is 1.99. The second kappa shape index (κ2) is 5.77. The molecule has 0 bridgehead atoms. The van der Waals surface area contributed by atoms with Gasteiger partial charge in [-0.15, -0.1) is 0 Å². The second-order valence-corrected chi connectivity index (χ2v) is 6.41. The van der Waals surface area contributed by atoms with Crippen molar-refractivity contribution in [2.24, 2.45) is 0 Å². The number of aromatic nitrogens is 1. The topological polar surface area (TPSA) is 56.3 Å². The highest BCUT2D eigenvalue weighted by molar-refractivity contribution is 7.87. The first-order valence-corrected chi connectivity index (χ1v) is 8.38. The summed E-state index contributed by atoms with van der Waals surface area (Å²) in [5.41, 5.74) is 1.60. The first kappa shape index (κ1) is 14.5. The fourth-order valence-electron chi connectivity index (χ4n) is 2.20. The molecule has 0 fully saturated rings. The maximum Gasteiger partial charge on any atom is 0.339 e. The molecule has 0 aliphatic carbocycles. The summed E-state index contributed by atoms with van der Waals surface area (Å²) in [4.78, 5) is 4.33. The Bertz CT molecular complexity index is 897. The van der Waals surface area contributed by atoms with Crippen molar-refractivity contribution in [2.45, 2.75) is 18.2 Å². The third-order valence-corrected chi connectivity index (χ3v) is 4.66. The zero-order valence-electron chi connectivity index (χ0n) is 12.1. The molecule has 0 saturated heterocycles. The summed E-state index contributed by atoms with van der Waals surface area (Å²) in [6, 6.07) is 15.6. The fraction of sp³-hybridized carbons (Fsp3) is 0.118. The van der Waals surface area contributed by atoms with Gasteiger partial charge >= 0.3 is 10.1 Å². The molecule has 3 rings (SSSR count). The van der Waals surface area contributed by atoms with Crippen LogP contribution in [0.5, 0.6) is 5.75 Å². The van der Waals surface area contributed by atoms with E-state index in [0.717, 1.165) is 17.4 Å². The van der Waals surface area contributed by atoms with Gasteiger partial charge < -0.3 is 4.18 Å². The molecule has 0 spiro atoms. The molecule has 1 heterocycles. The van der Waals surface area contributed by atoms with Crippen LogP contribution in [-0.4, -0.2) is 13.4 Å². The number of nitrogens with zero attached hydrogens (tertiary/aromatic N) is 1. The molecular weight excluding hydrogens is 298 g/mol. The summed E-state index contributed by atoms with van der Waals surface area (Å²) in [6.07, 6.45) is 2.46. The van der Waals surface area contributed by atoms with Crippen LogP contribution in [0, 0.1) is 0 Å². The third-order valence-electron chi connectivity index (χ3n) is 3.42. The van der Waals surface area contributed by atoms with Gasteiger partial charge in [-0.2, -0.15) is 8.42 Å². The van der Waals surface area contributed by atoms with Crippen molar-refractivity contribution in [1.82, 2.24) is 4.98 Å². The van der Waals surface area contributed by atoms with Crippen molar-refractivity contribution < 1.29 is 12.6 Å². The maximum absolute atomic E-state index is 12.4. The van der Waals surface area contributed by atoms with Gasteiger partial charge in [-0.3, -0.25) is 4.98 Å². The van der Waals surface area contributed by atoms with Crippen molar-refractivity contribution in [2.75, 3.05) is 0 Å². The average molecular weight is 313 g/mol. The number of aryl methyl sites for hydroxylation is 1. The Morgan fingerprint density at radius 2 is 1.73 bits per heavy atom. The van der Waals surface area contributed by atoms with Crippen LogP contribution in [0.1, 0.15) is 12.5 Å². The zero-order valence-corrected chi connectivity index (χ0v) is 12.9. The Labute approximate surface area is 129 Å². The molecule has 0 N–H and O–H groups in total. The van der Waals surface area contributed by atoms with Gasteiger partial charge in [-0.1, -0.05) is 37.3 Å². The molecule has 0 atom stereocenters. The fourth-order valence-corrected chi connectivity index (χ4v) is 3.14. The quantitative estimate of drug-likeness (QED) is 0.691. The van der Waals surface area contributed by atoms with Crippen LogP contribution in [0.3, 0.4) is 0 Å². The standard InChI is InChI=1S/C17H15NO3S/c1-2-13-8-10-15(11-9-13)22(19,20)21-16-7-3-5-14-6-4-12-18-17(14)16/h3-12H,2H2,1H3. The summed E-state index contributed by atoms with van der Waals surface area (Å²) in [5, 5.41) is 0.830. The minimum atomic E-state index is -3.87. The van der Waals surface area contributed by atoms with E-state index in [1.54, 1.807) is 48.7 Å². The van der Waals surface area contributed by atoms with Crippen LogP contribution in [0.15, 0.2) is 65.7 Å².